The number of aromatic nitrogens is 2. The highest BCUT2D eigenvalue weighted by Gasteiger charge is 2.26. The molecule has 4 rings (SSSR count). The van der Waals surface area contributed by atoms with Crippen molar-refractivity contribution in [2.75, 3.05) is 4.72 Å². The van der Waals surface area contributed by atoms with E-state index in [1.54, 1.807) is 17.5 Å². The fourth-order valence-electron chi connectivity index (χ4n) is 2.87. The van der Waals surface area contributed by atoms with Gasteiger partial charge in [0.05, 0.1) is 5.69 Å². The fourth-order valence-corrected chi connectivity index (χ4v) is 5.13. The first-order valence-electron chi connectivity index (χ1n) is 8.60. The summed E-state index contributed by atoms with van der Waals surface area (Å²) in [5.41, 5.74) is 2.22. The van der Waals surface area contributed by atoms with E-state index in [9.17, 15) is 8.42 Å². The van der Waals surface area contributed by atoms with Crippen LogP contribution in [0.2, 0.25) is 0 Å². The van der Waals surface area contributed by atoms with Crippen LogP contribution < -0.4 is 4.72 Å². The van der Waals surface area contributed by atoms with E-state index in [-0.39, 0.29) is 4.21 Å². The van der Waals surface area contributed by atoms with Crippen molar-refractivity contribution in [1.82, 2.24) is 10.1 Å². The van der Waals surface area contributed by atoms with E-state index in [2.05, 4.69) is 14.9 Å². The van der Waals surface area contributed by atoms with Crippen LogP contribution >= 0.6 is 11.3 Å². The summed E-state index contributed by atoms with van der Waals surface area (Å²) in [5, 5.41) is 5.75. The van der Waals surface area contributed by atoms with Gasteiger partial charge in [-0.05, 0) is 37.0 Å². The van der Waals surface area contributed by atoms with E-state index in [4.69, 9.17) is 4.52 Å². The van der Waals surface area contributed by atoms with Crippen LogP contribution in [0.1, 0.15) is 43.6 Å². The third kappa shape index (κ3) is 3.26. The lowest BCUT2D eigenvalue weighted by Gasteiger charge is -2.20. The van der Waals surface area contributed by atoms with Gasteiger partial charge in [0.2, 0.25) is 11.7 Å². The molecule has 26 heavy (non-hydrogen) atoms. The van der Waals surface area contributed by atoms with Gasteiger partial charge in [-0.15, -0.1) is 11.3 Å². The topological polar surface area (TPSA) is 85.1 Å². The standard InChI is InChI=1S/C18H19N3O3S2/c1-2-12-6-3-4-9-15(12)21-26(22,23)16-10-14(11-25-16)17-19-18(24-20-17)13-7-5-8-13/h3-4,6,9-11,13,21H,2,5,7-8H2,1H3. The maximum atomic E-state index is 12.7. The minimum atomic E-state index is -3.65. The van der Waals surface area contributed by atoms with Crippen molar-refractivity contribution < 1.29 is 12.9 Å². The van der Waals surface area contributed by atoms with Crippen molar-refractivity contribution in [1.29, 1.82) is 0 Å². The molecule has 8 heteroatoms. The van der Waals surface area contributed by atoms with Gasteiger partial charge < -0.3 is 4.52 Å². The summed E-state index contributed by atoms with van der Waals surface area (Å²) in [6, 6.07) is 9.00. The number of sulfonamides is 1. The number of hydrogen-bond acceptors (Lipinski definition) is 6. The fraction of sp³-hybridized carbons (Fsp3) is 0.333. The van der Waals surface area contributed by atoms with Crippen molar-refractivity contribution in [2.24, 2.45) is 0 Å². The number of nitrogens with zero attached hydrogens (tertiary/aromatic N) is 2. The quantitative estimate of drug-likeness (QED) is 0.674. The minimum Gasteiger partial charge on any atom is -0.339 e. The van der Waals surface area contributed by atoms with Crippen LogP contribution in [0.25, 0.3) is 11.4 Å². The van der Waals surface area contributed by atoms with Gasteiger partial charge in [-0.2, -0.15) is 4.98 Å². The van der Waals surface area contributed by atoms with Gasteiger partial charge in [-0.25, -0.2) is 8.42 Å². The Balaban J connectivity index is 1.57. The molecule has 0 radical (unpaired) electrons. The number of para-hydroxylation sites is 1. The number of hydrogen-bond donors (Lipinski definition) is 1. The van der Waals surface area contributed by atoms with Crippen molar-refractivity contribution in [3.63, 3.8) is 0 Å². The normalized spacial score (nSPS) is 15.0. The third-order valence-electron chi connectivity index (χ3n) is 4.64. The summed E-state index contributed by atoms with van der Waals surface area (Å²) in [6.45, 7) is 1.99. The predicted octanol–water partition coefficient (Wildman–Crippen LogP) is 4.43. The monoisotopic (exact) mass is 389 g/mol. The molecule has 0 unspecified atom stereocenters. The minimum absolute atomic E-state index is 0.230. The Labute approximate surface area is 156 Å². The first kappa shape index (κ1) is 17.2. The highest BCUT2D eigenvalue weighted by molar-refractivity contribution is 7.94. The Morgan fingerprint density at radius 2 is 2.12 bits per heavy atom. The van der Waals surface area contributed by atoms with Gasteiger partial charge in [-0.3, -0.25) is 4.72 Å². The molecule has 1 fully saturated rings. The first-order valence-corrected chi connectivity index (χ1v) is 11.0. The van der Waals surface area contributed by atoms with E-state index < -0.39 is 10.0 Å². The molecule has 0 atom stereocenters. The summed E-state index contributed by atoms with van der Waals surface area (Å²) in [4.78, 5) is 4.42. The zero-order valence-electron chi connectivity index (χ0n) is 14.3. The maximum absolute atomic E-state index is 12.7. The largest absolute Gasteiger partial charge is 0.339 e. The molecule has 1 N–H and O–H groups in total. The molecule has 1 saturated carbocycles. The summed E-state index contributed by atoms with van der Waals surface area (Å²) in [5.74, 6) is 1.45. The van der Waals surface area contributed by atoms with E-state index in [0.717, 1.165) is 36.2 Å². The van der Waals surface area contributed by atoms with Crippen LogP contribution in [-0.4, -0.2) is 18.6 Å². The number of anilines is 1. The molecule has 1 aromatic carbocycles. The van der Waals surface area contributed by atoms with Crippen LogP contribution in [0.3, 0.4) is 0 Å². The summed E-state index contributed by atoms with van der Waals surface area (Å²) >= 11 is 1.15. The third-order valence-corrected chi connectivity index (χ3v) is 7.44. The summed E-state index contributed by atoms with van der Waals surface area (Å²) in [7, 11) is -3.65. The molecule has 0 spiro atoms. The molecule has 1 aliphatic rings. The van der Waals surface area contributed by atoms with Gasteiger partial charge in [-0.1, -0.05) is 36.7 Å². The van der Waals surface area contributed by atoms with Crippen LogP contribution in [0.5, 0.6) is 0 Å². The molecule has 3 aromatic rings. The molecule has 1 aliphatic carbocycles. The lowest BCUT2D eigenvalue weighted by atomic mass is 9.85. The second-order valence-electron chi connectivity index (χ2n) is 6.35. The Bertz CT molecular complexity index is 1020. The van der Waals surface area contributed by atoms with Gasteiger partial charge in [0.25, 0.3) is 10.0 Å². The van der Waals surface area contributed by atoms with Gasteiger partial charge in [0.1, 0.15) is 4.21 Å². The van der Waals surface area contributed by atoms with Crippen LogP contribution in [0.4, 0.5) is 5.69 Å². The van der Waals surface area contributed by atoms with Crippen molar-refractivity contribution in [3.05, 3.63) is 47.2 Å². The summed E-state index contributed by atoms with van der Waals surface area (Å²) < 4.78 is 33.7. The lowest BCUT2D eigenvalue weighted by molar-refractivity contribution is 0.292. The Kier molecular flexibility index (Phi) is 4.54. The van der Waals surface area contributed by atoms with Crippen LogP contribution in [0.15, 0.2) is 44.4 Å². The Morgan fingerprint density at radius 3 is 2.85 bits per heavy atom. The molecule has 2 aromatic heterocycles. The second-order valence-corrected chi connectivity index (χ2v) is 9.18. The number of benzene rings is 1. The molecule has 136 valence electrons. The van der Waals surface area contributed by atoms with Crippen molar-refractivity contribution >= 4 is 27.0 Å². The van der Waals surface area contributed by atoms with Crippen LogP contribution in [-0.2, 0) is 16.4 Å². The van der Waals surface area contributed by atoms with Gasteiger partial charge >= 0.3 is 0 Å². The molecule has 0 amide bonds. The molecular formula is C18H19N3O3S2. The van der Waals surface area contributed by atoms with Gasteiger partial charge in [0, 0.05) is 16.9 Å². The van der Waals surface area contributed by atoms with Gasteiger partial charge in [0.15, 0.2) is 0 Å². The predicted molar refractivity (Wildman–Crippen MR) is 101 cm³/mol. The number of thiophene rings is 1. The highest BCUT2D eigenvalue weighted by Crippen LogP contribution is 2.36. The van der Waals surface area contributed by atoms with Crippen molar-refractivity contribution in [2.45, 2.75) is 42.7 Å². The molecular weight excluding hydrogens is 370 g/mol. The van der Waals surface area contributed by atoms with Crippen LogP contribution in [0, 0.1) is 0 Å². The molecule has 0 saturated heterocycles. The molecule has 6 nitrogen and oxygen atoms in total. The number of nitrogens with one attached hydrogen (secondary N) is 1. The van der Waals surface area contributed by atoms with E-state index in [1.807, 2.05) is 25.1 Å². The van der Waals surface area contributed by atoms with E-state index in [1.165, 1.54) is 6.42 Å². The average Bonchev–Trinajstić information content (AvgIpc) is 3.23. The van der Waals surface area contributed by atoms with E-state index >= 15 is 0 Å². The Hall–Kier alpha value is -2.19. The summed E-state index contributed by atoms with van der Waals surface area (Å²) in [6.07, 6.45) is 4.09. The second kappa shape index (κ2) is 6.85. The SMILES string of the molecule is CCc1ccccc1NS(=O)(=O)c1cc(-c2noc(C3CCC3)n2)cs1. The molecule has 2 heterocycles. The smallest absolute Gasteiger partial charge is 0.271 e. The average molecular weight is 390 g/mol. The van der Waals surface area contributed by atoms with Crippen molar-refractivity contribution in [3.8, 4) is 11.4 Å². The number of rotatable bonds is 6. The van der Waals surface area contributed by atoms with E-state index in [0.29, 0.717) is 28.9 Å². The molecule has 0 aliphatic heterocycles. The first-order chi connectivity index (χ1) is 12.6. The zero-order valence-corrected chi connectivity index (χ0v) is 15.9. The molecule has 0 bridgehead atoms. The lowest BCUT2D eigenvalue weighted by Crippen LogP contribution is -2.12. The Morgan fingerprint density at radius 1 is 1.31 bits per heavy atom. The zero-order chi connectivity index (χ0) is 18.1. The number of aryl methyl sites for hydroxylation is 1. The maximum Gasteiger partial charge on any atom is 0.271 e. The highest BCUT2D eigenvalue weighted by atomic mass is 32.2.